The number of benzene rings is 4. The van der Waals surface area contributed by atoms with Gasteiger partial charge in [0.1, 0.15) is 0 Å². The van der Waals surface area contributed by atoms with Crippen molar-refractivity contribution in [2.75, 3.05) is 0 Å². The number of hydrogen-bond donors (Lipinski definition) is 0. The Balaban J connectivity index is 0.000000260. The van der Waals surface area contributed by atoms with E-state index in [4.69, 9.17) is 0 Å². The third kappa shape index (κ3) is 10.0. The zero-order chi connectivity index (χ0) is 30.5. The number of aryl methyl sites for hydroxylation is 2. The molecule has 0 saturated carbocycles. The van der Waals surface area contributed by atoms with Gasteiger partial charge in [0, 0.05) is 0 Å². The maximum absolute atomic E-state index is 3.53. The Labute approximate surface area is 290 Å². The molecule has 44 heavy (non-hydrogen) atoms. The normalized spacial score (nSPS) is 12.4. The van der Waals surface area contributed by atoms with E-state index in [1.807, 2.05) is 12.2 Å². The van der Waals surface area contributed by atoms with Gasteiger partial charge in [0.15, 0.2) is 0 Å². The molecule has 0 heterocycles. The first-order valence-corrected chi connectivity index (χ1v) is 15.7. The van der Waals surface area contributed by atoms with Crippen LogP contribution in [0.2, 0.25) is 0 Å². The number of rotatable bonds is 2. The van der Waals surface area contributed by atoms with Crippen molar-refractivity contribution in [1.29, 1.82) is 0 Å². The van der Waals surface area contributed by atoms with Crippen LogP contribution in [0.3, 0.4) is 0 Å². The summed E-state index contributed by atoms with van der Waals surface area (Å²) in [6.45, 7) is 17.9. The fourth-order valence-corrected chi connectivity index (χ4v) is 5.45. The minimum atomic E-state index is 0. The molecular formula is C41H44Cl2Ti-2. The molecule has 2 aliphatic rings. The minimum Gasteiger partial charge on any atom is -1.00 e. The van der Waals surface area contributed by atoms with E-state index in [0.29, 0.717) is 0 Å². The summed E-state index contributed by atoms with van der Waals surface area (Å²) in [6.07, 6.45) is 11.0. The molecule has 0 saturated heterocycles. The maximum Gasteiger partial charge on any atom is -0.109 e. The summed E-state index contributed by atoms with van der Waals surface area (Å²) >= 11 is 2.18. The molecule has 0 nitrogen and oxygen atoms in total. The van der Waals surface area contributed by atoms with Gasteiger partial charge in [0.05, 0.1) is 0 Å². The molecule has 228 valence electrons. The van der Waals surface area contributed by atoms with E-state index in [9.17, 15) is 0 Å². The van der Waals surface area contributed by atoms with Gasteiger partial charge in [-0.05, 0) is 17.4 Å². The van der Waals surface area contributed by atoms with Crippen LogP contribution in [0.15, 0.2) is 97.1 Å². The fourth-order valence-electron chi connectivity index (χ4n) is 4.93. The minimum absolute atomic E-state index is 0. The predicted octanol–water partition coefficient (Wildman–Crippen LogP) is 4.39. The van der Waals surface area contributed by atoms with Crippen molar-refractivity contribution in [1.82, 2.24) is 0 Å². The van der Waals surface area contributed by atoms with Crippen molar-refractivity contribution < 1.29 is 44.8 Å². The van der Waals surface area contributed by atoms with Crippen molar-refractivity contribution in [3.05, 3.63) is 154 Å². The van der Waals surface area contributed by atoms with Crippen molar-refractivity contribution in [3.63, 3.8) is 0 Å². The number of allylic oxidation sites excluding steroid dienone is 4. The van der Waals surface area contributed by atoms with E-state index in [0.717, 1.165) is 12.8 Å². The smallest absolute Gasteiger partial charge is 0.109 e. The predicted molar refractivity (Wildman–Crippen MR) is 178 cm³/mol. The van der Waals surface area contributed by atoms with Crippen LogP contribution in [-0.4, -0.2) is 3.81 Å². The summed E-state index contributed by atoms with van der Waals surface area (Å²) in [5, 5.41) is 0. The molecule has 0 unspecified atom stereocenters. The number of fused-ring (bicyclic) bond motifs is 3. The topological polar surface area (TPSA) is 0 Å². The van der Waals surface area contributed by atoms with Crippen LogP contribution < -0.4 is 24.8 Å². The van der Waals surface area contributed by atoms with Gasteiger partial charge in [-0.3, -0.25) is 6.08 Å². The molecule has 0 aromatic heterocycles. The monoisotopic (exact) mass is 654 g/mol. The molecule has 0 spiro atoms. The van der Waals surface area contributed by atoms with Gasteiger partial charge in [-0.1, -0.05) is 76.3 Å². The van der Waals surface area contributed by atoms with E-state index in [1.165, 1.54) is 59.4 Å². The molecule has 0 aliphatic heterocycles. The maximum atomic E-state index is 3.53. The summed E-state index contributed by atoms with van der Waals surface area (Å²) in [5.74, 6) is 0. The van der Waals surface area contributed by atoms with Gasteiger partial charge in [-0.15, -0.1) is 12.0 Å². The molecule has 4 aromatic rings. The van der Waals surface area contributed by atoms with E-state index in [2.05, 4.69) is 172 Å². The molecule has 2 aliphatic carbocycles. The molecule has 0 radical (unpaired) electrons. The molecule has 0 bridgehead atoms. The molecule has 4 aromatic carbocycles. The van der Waals surface area contributed by atoms with E-state index in [1.54, 1.807) is 0 Å². The molecule has 3 heteroatoms. The zero-order valence-corrected chi connectivity index (χ0v) is 30.5. The van der Waals surface area contributed by atoms with Crippen molar-refractivity contribution in [2.45, 2.75) is 79.1 Å². The Hall–Kier alpha value is -2.48. The first-order valence-electron chi connectivity index (χ1n) is 15.0. The average Bonchev–Trinajstić information content (AvgIpc) is 3.64. The van der Waals surface area contributed by atoms with Gasteiger partial charge in [-0.25, -0.2) is 12.2 Å². The van der Waals surface area contributed by atoms with E-state index >= 15 is 0 Å². The van der Waals surface area contributed by atoms with E-state index in [-0.39, 0.29) is 35.6 Å². The molecule has 0 N–H and O–H groups in total. The van der Waals surface area contributed by atoms with Crippen LogP contribution in [-0.2, 0) is 37.2 Å². The Morgan fingerprint density at radius 2 is 1.20 bits per heavy atom. The van der Waals surface area contributed by atoms with Crippen LogP contribution >= 0.6 is 0 Å². The summed E-state index contributed by atoms with van der Waals surface area (Å²) in [4.78, 5) is 0. The first-order chi connectivity index (χ1) is 19.8. The first kappa shape index (κ1) is 37.7. The Morgan fingerprint density at radius 1 is 0.682 bits per heavy atom. The Bertz CT molecular complexity index is 1470. The van der Waals surface area contributed by atoms with Gasteiger partial charge in [-0.2, -0.15) is 35.4 Å². The van der Waals surface area contributed by atoms with Gasteiger partial charge >= 0.3 is 108 Å². The van der Waals surface area contributed by atoms with Gasteiger partial charge < -0.3 is 24.8 Å². The molecule has 0 atom stereocenters. The van der Waals surface area contributed by atoms with Crippen LogP contribution in [0.4, 0.5) is 0 Å². The van der Waals surface area contributed by atoms with Crippen molar-refractivity contribution in [2.24, 2.45) is 0 Å². The van der Waals surface area contributed by atoms with Crippen LogP contribution in [0.25, 0.3) is 11.1 Å². The Morgan fingerprint density at radius 3 is 1.64 bits per heavy atom. The molecule has 0 fully saturated rings. The fraction of sp³-hybridized carbons (Fsp3) is 0.293. The van der Waals surface area contributed by atoms with Crippen LogP contribution in [0.1, 0.15) is 92.5 Å². The van der Waals surface area contributed by atoms with Gasteiger partial charge in [0.25, 0.3) is 0 Å². The standard InChI is InChI=1S/C21H25.C15H14.C5H5.2ClH.Ti/c1-20(2,3)16-9-7-14-11-15-8-10-17(21(4,5)6)13-19(15)18(14)12-16;1-12-3-7-14(8-4-12)11-15-9-5-13(2)6-10-15;1-2-4-5-3-1;;;/h7,9-10,12-13H,11H2,1-6H3;3-10H,1-2H3;1-3H,4H2;2*1H;/q-1;;-1;;;+2/p-2. The number of hydrogen-bond acceptors (Lipinski definition) is 0. The molecule has 6 rings (SSSR count). The molecular weight excluding hydrogens is 611 g/mol. The second-order valence-electron chi connectivity index (χ2n) is 13.4. The van der Waals surface area contributed by atoms with Crippen molar-refractivity contribution >= 4 is 3.81 Å². The van der Waals surface area contributed by atoms with Crippen molar-refractivity contribution in [3.8, 4) is 11.1 Å². The third-order valence-electron chi connectivity index (χ3n) is 7.79. The SMILES string of the molecule is CC(C)(C)c1c[c-]c2c(c1)-c1cc(C(C)(C)C)ccc1C2.Cc1ccc([C](=[Ti+2])c2ccc(C)cc2)cc1.[C-]1=CC=CC1.[Cl-].[Cl-]. The summed E-state index contributed by atoms with van der Waals surface area (Å²) < 4.78 is 1.33. The number of halogens is 2. The summed E-state index contributed by atoms with van der Waals surface area (Å²) in [6, 6.07) is 32.4. The van der Waals surface area contributed by atoms with Crippen LogP contribution in [0.5, 0.6) is 0 Å². The second-order valence-corrected chi connectivity index (χ2v) is 14.2. The third-order valence-corrected chi connectivity index (χ3v) is 8.69. The van der Waals surface area contributed by atoms with Crippen LogP contribution in [0, 0.1) is 26.0 Å². The van der Waals surface area contributed by atoms with E-state index < -0.39 is 0 Å². The Kier molecular flexibility index (Phi) is 13.9. The summed E-state index contributed by atoms with van der Waals surface area (Å²) in [5.41, 5.74) is 14.0. The second kappa shape index (κ2) is 16.2. The quantitative estimate of drug-likeness (QED) is 0.196. The summed E-state index contributed by atoms with van der Waals surface area (Å²) in [7, 11) is 0. The van der Waals surface area contributed by atoms with Gasteiger partial charge in [0.2, 0.25) is 0 Å². The molecule has 0 amide bonds. The average molecular weight is 656 g/mol. The zero-order valence-electron chi connectivity index (χ0n) is 27.4. The largest absolute Gasteiger partial charge is 1.00 e.